The average Bonchev–Trinajstić information content (AvgIpc) is 2.45. The topological polar surface area (TPSA) is 82.9 Å². The Morgan fingerprint density at radius 2 is 2.14 bits per heavy atom. The van der Waals surface area contributed by atoms with Crippen LogP contribution in [0, 0.1) is 0 Å². The predicted molar refractivity (Wildman–Crippen MR) is 82.5 cm³/mol. The molecule has 1 aliphatic heterocycles. The Hall–Kier alpha value is -1.76. The lowest BCUT2D eigenvalue weighted by molar-refractivity contribution is -0.0708. The highest BCUT2D eigenvalue weighted by molar-refractivity contribution is 5.92. The number of aromatic nitrogens is 1. The van der Waals surface area contributed by atoms with E-state index in [0.717, 1.165) is 13.1 Å². The summed E-state index contributed by atoms with van der Waals surface area (Å²) in [6, 6.07) is 1.56. The molecule has 120 valence electrons. The van der Waals surface area contributed by atoms with Gasteiger partial charge in [-0.3, -0.25) is 9.88 Å². The van der Waals surface area contributed by atoms with Gasteiger partial charge in [-0.05, 0) is 19.9 Å². The standard InChI is InChI=1S/C16H22N2O4/c1-4-13-14(16(20)21)5-12(17-15(13)9-19)8-18-6-10(2)22-11(3)7-18/h4-5,10-11,19H,1,6-9H2,2-3H3,(H,20,21)/t10-,11+. The van der Waals surface area contributed by atoms with Gasteiger partial charge < -0.3 is 14.9 Å². The van der Waals surface area contributed by atoms with E-state index in [0.29, 0.717) is 23.5 Å². The number of rotatable bonds is 5. The molecule has 1 aromatic heterocycles. The summed E-state index contributed by atoms with van der Waals surface area (Å²) >= 11 is 0. The van der Waals surface area contributed by atoms with Gasteiger partial charge in [0.25, 0.3) is 0 Å². The Morgan fingerprint density at radius 1 is 1.50 bits per heavy atom. The van der Waals surface area contributed by atoms with Crippen molar-refractivity contribution in [1.29, 1.82) is 0 Å². The largest absolute Gasteiger partial charge is 0.478 e. The van der Waals surface area contributed by atoms with Crippen molar-refractivity contribution in [2.75, 3.05) is 13.1 Å². The number of ether oxygens (including phenoxy) is 1. The summed E-state index contributed by atoms with van der Waals surface area (Å²) in [4.78, 5) is 18.0. The number of aliphatic hydroxyl groups is 1. The molecular weight excluding hydrogens is 284 g/mol. The number of aromatic carboxylic acids is 1. The van der Waals surface area contributed by atoms with E-state index in [-0.39, 0.29) is 24.4 Å². The van der Waals surface area contributed by atoms with E-state index in [9.17, 15) is 15.0 Å². The quantitative estimate of drug-likeness (QED) is 0.858. The van der Waals surface area contributed by atoms with Crippen LogP contribution < -0.4 is 0 Å². The molecule has 0 amide bonds. The summed E-state index contributed by atoms with van der Waals surface area (Å²) in [5.74, 6) is -1.04. The molecule has 0 radical (unpaired) electrons. The molecule has 0 aromatic carbocycles. The summed E-state index contributed by atoms with van der Waals surface area (Å²) in [6.07, 6.45) is 1.69. The third-order valence-corrected chi connectivity index (χ3v) is 3.66. The first-order valence-electron chi connectivity index (χ1n) is 7.31. The van der Waals surface area contributed by atoms with Crippen LogP contribution in [0.3, 0.4) is 0 Å². The van der Waals surface area contributed by atoms with Gasteiger partial charge in [0.2, 0.25) is 0 Å². The molecule has 0 aliphatic carbocycles. The second-order valence-electron chi connectivity index (χ2n) is 5.64. The Labute approximate surface area is 130 Å². The lowest BCUT2D eigenvalue weighted by Crippen LogP contribution is -2.45. The van der Waals surface area contributed by atoms with Crippen molar-refractivity contribution in [2.45, 2.75) is 39.2 Å². The molecule has 0 bridgehead atoms. The Morgan fingerprint density at radius 3 is 2.64 bits per heavy atom. The normalized spacial score (nSPS) is 22.5. The SMILES string of the molecule is C=Cc1c(C(=O)O)cc(CN2C[C@@H](C)O[C@@H](C)C2)nc1CO. The predicted octanol–water partition coefficient (Wildman–Crippen LogP) is 1.52. The van der Waals surface area contributed by atoms with E-state index < -0.39 is 5.97 Å². The van der Waals surface area contributed by atoms with Crippen LogP contribution in [0.4, 0.5) is 0 Å². The fourth-order valence-electron chi connectivity index (χ4n) is 2.91. The first kappa shape index (κ1) is 16.6. The third kappa shape index (κ3) is 3.71. The molecule has 6 heteroatoms. The van der Waals surface area contributed by atoms with Gasteiger partial charge in [-0.1, -0.05) is 12.7 Å². The summed E-state index contributed by atoms with van der Waals surface area (Å²) < 4.78 is 5.69. The molecular formula is C16H22N2O4. The Balaban J connectivity index is 2.29. The molecule has 1 fully saturated rings. The summed E-state index contributed by atoms with van der Waals surface area (Å²) in [7, 11) is 0. The molecule has 6 nitrogen and oxygen atoms in total. The fraction of sp³-hybridized carbons (Fsp3) is 0.500. The maximum Gasteiger partial charge on any atom is 0.336 e. The highest BCUT2D eigenvalue weighted by atomic mass is 16.5. The van der Waals surface area contributed by atoms with Gasteiger partial charge in [0, 0.05) is 25.2 Å². The second kappa shape index (κ2) is 7.00. The van der Waals surface area contributed by atoms with Crippen LogP contribution in [0.15, 0.2) is 12.6 Å². The first-order valence-corrected chi connectivity index (χ1v) is 7.31. The number of carboxylic acids is 1. The number of carbonyl (C=O) groups is 1. The second-order valence-corrected chi connectivity index (χ2v) is 5.64. The molecule has 2 N–H and O–H groups in total. The Bertz CT molecular complexity index is 564. The smallest absolute Gasteiger partial charge is 0.336 e. The third-order valence-electron chi connectivity index (χ3n) is 3.66. The number of hydrogen-bond acceptors (Lipinski definition) is 5. The molecule has 22 heavy (non-hydrogen) atoms. The average molecular weight is 306 g/mol. The van der Waals surface area contributed by atoms with Gasteiger partial charge >= 0.3 is 5.97 Å². The molecule has 1 aliphatic rings. The molecule has 0 saturated carbocycles. The molecule has 1 aromatic rings. The maximum atomic E-state index is 11.4. The van der Waals surface area contributed by atoms with Gasteiger partial charge in [0.05, 0.1) is 35.8 Å². The van der Waals surface area contributed by atoms with Gasteiger partial charge in [0.1, 0.15) is 0 Å². The minimum Gasteiger partial charge on any atom is -0.478 e. The van der Waals surface area contributed by atoms with Crippen molar-refractivity contribution < 1.29 is 19.7 Å². The molecule has 2 heterocycles. The lowest BCUT2D eigenvalue weighted by Gasteiger charge is -2.35. The first-order chi connectivity index (χ1) is 10.4. The zero-order chi connectivity index (χ0) is 16.3. The van der Waals surface area contributed by atoms with Crippen molar-refractivity contribution >= 4 is 12.0 Å². The fourth-order valence-corrected chi connectivity index (χ4v) is 2.91. The minimum atomic E-state index is -1.04. The minimum absolute atomic E-state index is 0.124. The van der Waals surface area contributed by atoms with Crippen LogP contribution in [0.2, 0.25) is 0 Å². The van der Waals surface area contributed by atoms with E-state index >= 15 is 0 Å². The van der Waals surface area contributed by atoms with Crippen LogP contribution in [0.25, 0.3) is 6.08 Å². The van der Waals surface area contributed by atoms with Gasteiger partial charge in [-0.15, -0.1) is 0 Å². The summed E-state index contributed by atoms with van der Waals surface area (Å²) in [6.45, 7) is 9.39. The van der Waals surface area contributed by atoms with Gasteiger partial charge in [0.15, 0.2) is 0 Å². The van der Waals surface area contributed by atoms with Crippen LogP contribution >= 0.6 is 0 Å². The highest BCUT2D eigenvalue weighted by Gasteiger charge is 2.23. The van der Waals surface area contributed by atoms with E-state index in [2.05, 4.69) is 16.5 Å². The number of hydrogen-bond donors (Lipinski definition) is 2. The lowest BCUT2D eigenvalue weighted by atomic mass is 10.0. The summed E-state index contributed by atoms with van der Waals surface area (Å²) in [5, 5.41) is 18.8. The number of morpholine rings is 1. The zero-order valence-electron chi connectivity index (χ0n) is 13.0. The van der Waals surface area contributed by atoms with Crippen LogP contribution in [0.5, 0.6) is 0 Å². The van der Waals surface area contributed by atoms with Crippen LogP contribution in [-0.2, 0) is 17.9 Å². The molecule has 0 unspecified atom stereocenters. The maximum absolute atomic E-state index is 11.4. The number of nitrogens with zero attached hydrogens (tertiary/aromatic N) is 2. The van der Waals surface area contributed by atoms with Crippen LogP contribution in [0.1, 0.15) is 41.2 Å². The number of carboxylic acid groups (broad SMARTS) is 1. The van der Waals surface area contributed by atoms with E-state index in [1.807, 2.05) is 13.8 Å². The monoisotopic (exact) mass is 306 g/mol. The Kier molecular flexibility index (Phi) is 5.28. The number of aliphatic hydroxyl groups excluding tert-OH is 1. The molecule has 0 spiro atoms. The molecule has 2 atom stereocenters. The van der Waals surface area contributed by atoms with Crippen molar-refractivity contribution in [3.05, 3.63) is 35.2 Å². The van der Waals surface area contributed by atoms with Gasteiger partial charge in [-0.2, -0.15) is 0 Å². The van der Waals surface area contributed by atoms with Gasteiger partial charge in [-0.25, -0.2) is 4.79 Å². The molecule has 2 rings (SSSR count). The highest BCUT2D eigenvalue weighted by Crippen LogP contribution is 2.19. The van der Waals surface area contributed by atoms with Crippen molar-refractivity contribution in [1.82, 2.24) is 9.88 Å². The molecule has 1 saturated heterocycles. The van der Waals surface area contributed by atoms with Crippen molar-refractivity contribution in [2.24, 2.45) is 0 Å². The van der Waals surface area contributed by atoms with E-state index in [1.165, 1.54) is 6.08 Å². The van der Waals surface area contributed by atoms with E-state index in [4.69, 9.17) is 4.74 Å². The number of pyridine rings is 1. The van der Waals surface area contributed by atoms with E-state index in [1.54, 1.807) is 6.07 Å². The van der Waals surface area contributed by atoms with Crippen molar-refractivity contribution in [3.8, 4) is 0 Å². The summed E-state index contributed by atoms with van der Waals surface area (Å²) in [5.41, 5.74) is 1.48. The zero-order valence-corrected chi connectivity index (χ0v) is 13.0. The van der Waals surface area contributed by atoms with Crippen LogP contribution in [-0.4, -0.2) is 51.4 Å². The van der Waals surface area contributed by atoms with Crippen molar-refractivity contribution in [3.63, 3.8) is 0 Å².